The minimum Gasteiger partial charge on any atom is -0.481 e. The number of carboxylic acids is 1. The molecule has 3 aliphatic rings. The molecule has 1 saturated carbocycles. The lowest BCUT2D eigenvalue weighted by Crippen LogP contribution is -2.39. The molecule has 184 valence electrons. The largest absolute Gasteiger partial charge is 0.481 e. The van der Waals surface area contributed by atoms with Crippen molar-refractivity contribution in [3.05, 3.63) is 60.0 Å². The van der Waals surface area contributed by atoms with Gasteiger partial charge in [0.05, 0.1) is 24.3 Å². The van der Waals surface area contributed by atoms with Gasteiger partial charge in [0, 0.05) is 24.0 Å². The monoisotopic (exact) mass is 465 g/mol. The molecule has 0 amide bonds. The average Bonchev–Trinajstić information content (AvgIpc) is 3.53. The number of allylic oxidation sites excluding steroid dienone is 5. The molecule has 0 bridgehead atoms. The molecule has 2 N–H and O–H groups in total. The third kappa shape index (κ3) is 5.14. The van der Waals surface area contributed by atoms with Crippen molar-refractivity contribution >= 4 is 11.8 Å². The van der Waals surface area contributed by atoms with Crippen LogP contribution in [0.4, 0.5) is 0 Å². The van der Waals surface area contributed by atoms with E-state index in [4.69, 9.17) is 4.74 Å². The standard InChI is InChI=1S/C29H39NO4/c1-4-20(24-17-34-26(16-18(24)2)19(3)29(32)33)8-5-10-22-14-13-21-9-6-11-23(21)27(22)28(31)25-12-7-15-30-25/h5,7-8,10,12-15,18-19,21-24,26-27,30H,4,6,9,11,16-17H2,1-3H3,(H,32,33)/b10-5+,20-8+/t18-,19-,21+,22-,23+,24-,26+,27-/m1/s1. The molecule has 0 radical (unpaired) electrons. The predicted molar refractivity (Wildman–Crippen MR) is 133 cm³/mol. The summed E-state index contributed by atoms with van der Waals surface area (Å²) in [5.41, 5.74) is 2.04. The molecule has 1 saturated heterocycles. The zero-order valence-corrected chi connectivity index (χ0v) is 20.7. The molecule has 5 nitrogen and oxygen atoms in total. The van der Waals surface area contributed by atoms with Crippen LogP contribution >= 0.6 is 0 Å². The van der Waals surface area contributed by atoms with E-state index < -0.39 is 11.9 Å². The minimum absolute atomic E-state index is 0.0129. The Kier molecular flexibility index (Phi) is 7.92. The normalized spacial score (nSPS) is 34.8. The van der Waals surface area contributed by atoms with Crippen LogP contribution in [0.25, 0.3) is 0 Å². The molecule has 1 aromatic rings. The summed E-state index contributed by atoms with van der Waals surface area (Å²) in [7, 11) is 0. The van der Waals surface area contributed by atoms with Gasteiger partial charge in [0.15, 0.2) is 5.78 Å². The first kappa shape index (κ1) is 24.7. The molecule has 1 aromatic heterocycles. The molecule has 0 spiro atoms. The summed E-state index contributed by atoms with van der Waals surface area (Å²) >= 11 is 0. The van der Waals surface area contributed by atoms with Gasteiger partial charge in [-0.1, -0.05) is 56.2 Å². The third-order valence-corrected chi connectivity index (χ3v) is 8.50. The summed E-state index contributed by atoms with van der Waals surface area (Å²) in [5.74, 6) is 0.657. The topological polar surface area (TPSA) is 79.4 Å². The molecule has 4 rings (SSSR count). The summed E-state index contributed by atoms with van der Waals surface area (Å²) in [6.07, 6.45) is 18.0. The molecule has 2 heterocycles. The number of aromatic nitrogens is 1. The highest BCUT2D eigenvalue weighted by Gasteiger charge is 2.42. The van der Waals surface area contributed by atoms with E-state index in [1.807, 2.05) is 18.3 Å². The van der Waals surface area contributed by atoms with Crippen molar-refractivity contribution in [2.45, 2.75) is 59.0 Å². The van der Waals surface area contributed by atoms with Gasteiger partial charge in [-0.3, -0.25) is 9.59 Å². The van der Waals surface area contributed by atoms with Crippen LogP contribution in [0, 0.1) is 41.4 Å². The van der Waals surface area contributed by atoms with Crippen molar-refractivity contribution in [2.24, 2.45) is 41.4 Å². The second kappa shape index (κ2) is 10.9. The number of aliphatic carboxylic acids is 1. The van der Waals surface area contributed by atoms with Crippen LogP contribution in [0.15, 0.2) is 54.3 Å². The number of H-pyrrole nitrogens is 1. The average molecular weight is 466 g/mol. The van der Waals surface area contributed by atoms with E-state index in [-0.39, 0.29) is 23.7 Å². The maximum absolute atomic E-state index is 13.4. The highest BCUT2D eigenvalue weighted by atomic mass is 16.5. The number of hydrogen-bond donors (Lipinski definition) is 2. The zero-order valence-electron chi connectivity index (χ0n) is 20.7. The van der Waals surface area contributed by atoms with Crippen molar-refractivity contribution in [3.63, 3.8) is 0 Å². The van der Waals surface area contributed by atoms with Crippen LogP contribution < -0.4 is 0 Å². The van der Waals surface area contributed by atoms with Gasteiger partial charge < -0.3 is 14.8 Å². The maximum Gasteiger partial charge on any atom is 0.308 e. The number of nitrogens with one attached hydrogen (secondary N) is 1. The molecule has 34 heavy (non-hydrogen) atoms. The summed E-state index contributed by atoms with van der Waals surface area (Å²) in [4.78, 5) is 27.9. The molecule has 2 fully saturated rings. The molecule has 8 atom stereocenters. The van der Waals surface area contributed by atoms with Gasteiger partial charge in [-0.15, -0.1) is 0 Å². The van der Waals surface area contributed by atoms with E-state index in [9.17, 15) is 14.7 Å². The van der Waals surface area contributed by atoms with E-state index in [0.29, 0.717) is 36.0 Å². The van der Waals surface area contributed by atoms with Crippen molar-refractivity contribution in [3.8, 4) is 0 Å². The Morgan fingerprint density at radius 3 is 2.79 bits per heavy atom. The molecular formula is C29H39NO4. The fraction of sp³-hybridized carbons (Fsp3) is 0.586. The SMILES string of the molecule is CC/C(=C\C=C\[C@@H]1C=C[C@@H]2CCC[C@@H]2[C@@H]1C(=O)c1ccc[nH]1)[C@@H]1CO[C@H]([C@@H](C)C(=O)O)C[C@H]1C. The van der Waals surface area contributed by atoms with Gasteiger partial charge in [0.1, 0.15) is 0 Å². The lowest BCUT2D eigenvalue weighted by atomic mass is 9.69. The summed E-state index contributed by atoms with van der Waals surface area (Å²) in [6, 6.07) is 3.79. The highest BCUT2D eigenvalue weighted by Crippen LogP contribution is 2.46. The Labute approximate surface area is 203 Å². The molecular weight excluding hydrogens is 426 g/mol. The first-order valence-corrected chi connectivity index (χ1v) is 13.0. The van der Waals surface area contributed by atoms with Crippen molar-refractivity contribution in [2.75, 3.05) is 6.61 Å². The van der Waals surface area contributed by atoms with Crippen LogP contribution in [0.3, 0.4) is 0 Å². The van der Waals surface area contributed by atoms with Gasteiger partial charge >= 0.3 is 5.97 Å². The van der Waals surface area contributed by atoms with Gasteiger partial charge in [0.25, 0.3) is 0 Å². The van der Waals surface area contributed by atoms with Gasteiger partial charge in [-0.05, 0) is 62.5 Å². The lowest BCUT2D eigenvalue weighted by Gasteiger charge is -2.37. The molecule has 0 unspecified atom stereocenters. The number of carbonyl (C=O) groups excluding carboxylic acids is 1. The lowest BCUT2D eigenvalue weighted by molar-refractivity contribution is -0.150. The number of aromatic amines is 1. The first-order valence-electron chi connectivity index (χ1n) is 13.0. The minimum atomic E-state index is -0.793. The molecule has 2 aliphatic carbocycles. The van der Waals surface area contributed by atoms with Crippen LogP contribution in [0.5, 0.6) is 0 Å². The number of carbonyl (C=O) groups is 2. The van der Waals surface area contributed by atoms with E-state index in [0.717, 1.165) is 19.3 Å². The number of rotatable bonds is 8. The quantitative estimate of drug-likeness (QED) is 0.277. The smallest absolute Gasteiger partial charge is 0.308 e. The van der Waals surface area contributed by atoms with Gasteiger partial charge in [-0.25, -0.2) is 0 Å². The second-order valence-electron chi connectivity index (χ2n) is 10.5. The fourth-order valence-electron chi connectivity index (χ4n) is 6.38. The summed E-state index contributed by atoms with van der Waals surface area (Å²) in [6.45, 7) is 6.67. The number of ketones is 1. The number of fused-ring (bicyclic) bond motifs is 1. The van der Waals surface area contributed by atoms with Crippen molar-refractivity contribution in [1.82, 2.24) is 4.98 Å². The Morgan fingerprint density at radius 2 is 2.12 bits per heavy atom. The highest BCUT2D eigenvalue weighted by molar-refractivity contribution is 5.97. The maximum atomic E-state index is 13.4. The Hall–Kier alpha value is -2.40. The first-order chi connectivity index (χ1) is 16.4. The van der Waals surface area contributed by atoms with Crippen LogP contribution in [-0.2, 0) is 9.53 Å². The van der Waals surface area contributed by atoms with Crippen molar-refractivity contribution in [1.29, 1.82) is 0 Å². The van der Waals surface area contributed by atoms with E-state index in [2.05, 4.69) is 49.2 Å². The van der Waals surface area contributed by atoms with E-state index >= 15 is 0 Å². The molecule has 0 aromatic carbocycles. The third-order valence-electron chi connectivity index (χ3n) is 8.50. The number of ether oxygens (including phenoxy) is 1. The van der Waals surface area contributed by atoms with E-state index in [1.165, 1.54) is 18.4 Å². The van der Waals surface area contributed by atoms with Gasteiger partial charge in [-0.2, -0.15) is 0 Å². The van der Waals surface area contributed by atoms with E-state index in [1.54, 1.807) is 6.92 Å². The zero-order chi connectivity index (χ0) is 24.2. The molecule has 1 aliphatic heterocycles. The van der Waals surface area contributed by atoms with Crippen LogP contribution in [0.2, 0.25) is 0 Å². The Morgan fingerprint density at radius 1 is 1.29 bits per heavy atom. The summed E-state index contributed by atoms with van der Waals surface area (Å²) < 4.78 is 6.00. The predicted octanol–water partition coefficient (Wildman–Crippen LogP) is 6.07. The molecule has 5 heteroatoms. The Bertz CT molecular complexity index is 943. The van der Waals surface area contributed by atoms with Crippen LogP contribution in [0.1, 0.15) is 63.4 Å². The van der Waals surface area contributed by atoms with Crippen LogP contribution in [-0.4, -0.2) is 34.6 Å². The second-order valence-corrected chi connectivity index (χ2v) is 10.5. The van der Waals surface area contributed by atoms with Crippen molar-refractivity contribution < 1.29 is 19.4 Å². The Balaban J connectivity index is 1.48. The number of hydrogen-bond acceptors (Lipinski definition) is 3. The number of carboxylic acid groups (broad SMARTS) is 1. The van der Waals surface area contributed by atoms with Gasteiger partial charge in [0.2, 0.25) is 0 Å². The fourth-order valence-corrected chi connectivity index (χ4v) is 6.38. The summed E-state index contributed by atoms with van der Waals surface area (Å²) in [5, 5.41) is 9.33. The number of Topliss-reactive ketones (excluding diaryl/α,β-unsaturated/α-hetero) is 1.